The van der Waals surface area contributed by atoms with E-state index in [2.05, 4.69) is 15.6 Å². The summed E-state index contributed by atoms with van der Waals surface area (Å²) in [5.74, 6) is -0.0492. The molecule has 31 heavy (non-hydrogen) atoms. The molecule has 1 aliphatic rings. The lowest BCUT2D eigenvalue weighted by Gasteiger charge is -2.09. The Morgan fingerprint density at radius 2 is 1.81 bits per heavy atom. The van der Waals surface area contributed by atoms with Gasteiger partial charge >= 0.3 is 5.69 Å². The van der Waals surface area contributed by atoms with E-state index in [1.807, 2.05) is 0 Å². The summed E-state index contributed by atoms with van der Waals surface area (Å²) in [6, 6.07) is 7.05. The van der Waals surface area contributed by atoms with Gasteiger partial charge in [-0.25, -0.2) is 9.78 Å². The minimum Gasteiger partial charge on any atom is -0.326 e. The van der Waals surface area contributed by atoms with E-state index in [0.29, 0.717) is 35.5 Å². The summed E-state index contributed by atoms with van der Waals surface area (Å²) in [7, 11) is 2.99. The molecule has 3 aromatic rings. The van der Waals surface area contributed by atoms with Crippen LogP contribution in [0.25, 0.3) is 11.2 Å². The molecule has 1 saturated carbocycles. The number of rotatable bonds is 7. The summed E-state index contributed by atoms with van der Waals surface area (Å²) >= 11 is 0. The van der Waals surface area contributed by atoms with E-state index >= 15 is 0 Å². The molecule has 2 heterocycles. The van der Waals surface area contributed by atoms with Crippen LogP contribution in [0.3, 0.4) is 0 Å². The van der Waals surface area contributed by atoms with Crippen molar-refractivity contribution >= 4 is 34.4 Å². The first-order valence-corrected chi connectivity index (χ1v) is 10.2. The molecule has 0 radical (unpaired) electrons. The molecule has 10 heteroatoms. The lowest BCUT2D eigenvalue weighted by Crippen LogP contribution is -2.37. The first-order valence-electron chi connectivity index (χ1n) is 10.2. The van der Waals surface area contributed by atoms with E-state index in [1.54, 1.807) is 35.9 Å². The van der Waals surface area contributed by atoms with Crippen LogP contribution in [0.2, 0.25) is 0 Å². The second kappa shape index (κ2) is 8.21. The fraction of sp³-hybridized carbons (Fsp3) is 0.381. The first-order chi connectivity index (χ1) is 14.8. The number of aryl methyl sites for hydroxylation is 2. The minimum atomic E-state index is -0.433. The van der Waals surface area contributed by atoms with Gasteiger partial charge in [0, 0.05) is 44.4 Å². The number of amides is 2. The van der Waals surface area contributed by atoms with Crippen molar-refractivity contribution in [3.8, 4) is 0 Å². The van der Waals surface area contributed by atoms with Crippen LogP contribution in [0.5, 0.6) is 0 Å². The van der Waals surface area contributed by atoms with Gasteiger partial charge in [-0.2, -0.15) is 0 Å². The number of hydrogen-bond donors (Lipinski definition) is 2. The van der Waals surface area contributed by atoms with Crippen molar-refractivity contribution in [3.05, 3.63) is 51.4 Å². The average Bonchev–Trinajstić information content (AvgIpc) is 3.51. The number of carbonyl (C=O) groups excluding carboxylic acids is 2. The van der Waals surface area contributed by atoms with Gasteiger partial charge in [-0.05, 0) is 37.5 Å². The molecule has 10 nitrogen and oxygen atoms in total. The van der Waals surface area contributed by atoms with Crippen LogP contribution < -0.4 is 21.9 Å². The molecule has 1 aliphatic carbocycles. The van der Waals surface area contributed by atoms with Crippen molar-refractivity contribution in [2.45, 2.75) is 32.2 Å². The Labute approximate surface area is 177 Å². The van der Waals surface area contributed by atoms with Crippen LogP contribution >= 0.6 is 0 Å². The van der Waals surface area contributed by atoms with Crippen LogP contribution in [-0.4, -0.2) is 30.5 Å². The summed E-state index contributed by atoms with van der Waals surface area (Å²) in [5.41, 5.74) is 1.08. The minimum absolute atomic E-state index is 0.0136. The fourth-order valence-electron chi connectivity index (χ4n) is 3.46. The van der Waals surface area contributed by atoms with Gasteiger partial charge in [-0.1, -0.05) is 6.07 Å². The molecule has 2 aromatic heterocycles. The molecular weight excluding hydrogens is 400 g/mol. The third-order valence-electron chi connectivity index (χ3n) is 5.38. The first kappa shape index (κ1) is 20.6. The molecule has 0 unspecified atom stereocenters. The van der Waals surface area contributed by atoms with Gasteiger partial charge in [0.25, 0.3) is 5.56 Å². The van der Waals surface area contributed by atoms with Crippen molar-refractivity contribution in [1.29, 1.82) is 0 Å². The quantitative estimate of drug-likeness (QED) is 0.591. The number of nitrogens with one attached hydrogen (secondary N) is 2. The van der Waals surface area contributed by atoms with Crippen LogP contribution in [0.15, 0.2) is 40.2 Å². The maximum absolute atomic E-state index is 12.5. The Hall–Kier alpha value is -3.69. The van der Waals surface area contributed by atoms with Crippen molar-refractivity contribution in [2.24, 2.45) is 20.0 Å². The van der Waals surface area contributed by atoms with Gasteiger partial charge in [0.05, 0.1) is 6.33 Å². The maximum Gasteiger partial charge on any atom is 0.332 e. The zero-order chi connectivity index (χ0) is 22.1. The smallest absolute Gasteiger partial charge is 0.326 e. The largest absolute Gasteiger partial charge is 0.332 e. The normalized spacial score (nSPS) is 13.4. The van der Waals surface area contributed by atoms with E-state index in [0.717, 1.165) is 17.4 Å². The van der Waals surface area contributed by atoms with E-state index in [4.69, 9.17) is 0 Å². The Balaban J connectivity index is 1.36. The predicted molar refractivity (Wildman–Crippen MR) is 116 cm³/mol. The Kier molecular flexibility index (Phi) is 5.45. The molecule has 1 aromatic carbocycles. The molecule has 4 rings (SSSR count). The van der Waals surface area contributed by atoms with Gasteiger partial charge in [0.2, 0.25) is 11.8 Å². The molecule has 162 valence electrons. The summed E-state index contributed by atoms with van der Waals surface area (Å²) in [4.78, 5) is 52.9. The standard InChI is InChI=1S/C21H24N6O4/c1-25-18-17(20(30)26(2)21(25)31)27(12-22-18)10-4-7-16(28)23-14-5-3-6-15(11-14)24-19(29)13-8-9-13/h3,5-6,11-13H,4,7-10H2,1-2H3,(H,23,28)(H,24,29). The van der Waals surface area contributed by atoms with Crippen molar-refractivity contribution in [3.63, 3.8) is 0 Å². The van der Waals surface area contributed by atoms with Gasteiger partial charge in [0.1, 0.15) is 0 Å². The zero-order valence-corrected chi connectivity index (χ0v) is 17.4. The third kappa shape index (κ3) is 4.27. The molecule has 0 saturated heterocycles. The predicted octanol–water partition coefficient (Wildman–Crippen LogP) is 1.20. The number of aromatic nitrogens is 4. The molecule has 0 bridgehead atoms. The highest BCUT2D eigenvalue weighted by Crippen LogP contribution is 2.30. The van der Waals surface area contributed by atoms with E-state index in [1.165, 1.54) is 17.9 Å². The van der Waals surface area contributed by atoms with Crippen LogP contribution in [0.1, 0.15) is 25.7 Å². The highest BCUT2D eigenvalue weighted by atomic mass is 16.2. The second-order valence-electron chi connectivity index (χ2n) is 7.81. The third-order valence-corrected chi connectivity index (χ3v) is 5.38. The van der Waals surface area contributed by atoms with Crippen LogP contribution in [0.4, 0.5) is 11.4 Å². The Bertz CT molecular complexity index is 1280. The van der Waals surface area contributed by atoms with Crippen molar-refractivity contribution < 1.29 is 9.59 Å². The van der Waals surface area contributed by atoms with Crippen molar-refractivity contribution in [1.82, 2.24) is 18.7 Å². The molecule has 1 fully saturated rings. The molecule has 0 spiro atoms. The number of nitrogens with zero attached hydrogens (tertiary/aromatic N) is 4. The Morgan fingerprint density at radius 1 is 1.10 bits per heavy atom. The molecule has 0 aliphatic heterocycles. The summed E-state index contributed by atoms with van der Waals surface area (Å²) in [5, 5.41) is 5.69. The van der Waals surface area contributed by atoms with Gasteiger partial charge in [-0.3, -0.25) is 23.5 Å². The van der Waals surface area contributed by atoms with E-state index < -0.39 is 11.2 Å². The number of hydrogen-bond acceptors (Lipinski definition) is 5. The highest BCUT2D eigenvalue weighted by Gasteiger charge is 2.29. The number of carbonyl (C=O) groups is 2. The van der Waals surface area contributed by atoms with Crippen LogP contribution in [0, 0.1) is 5.92 Å². The molecular formula is C21H24N6O4. The number of benzene rings is 1. The molecule has 0 atom stereocenters. The SMILES string of the molecule is Cn1c(=O)c2c(ncn2CCCC(=O)Nc2cccc(NC(=O)C3CC3)c2)n(C)c1=O. The van der Waals surface area contributed by atoms with Gasteiger partial charge < -0.3 is 15.2 Å². The summed E-state index contributed by atoms with van der Waals surface area (Å²) in [6.45, 7) is 0.412. The van der Waals surface area contributed by atoms with E-state index in [9.17, 15) is 19.2 Å². The monoisotopic (exact) mass is 424 g/mol. The highest BCUT2D eigenvalue weighted by molar-refractivity contribution is 5.95. The zero-order valence-electron chi connectivity index (χ0n) is 17.4. The molecule has 2 amide bonds. The topological polar surface area (TPSA) is 120 Å². The Morgan fingerprint density at radius 3 is 2.52 bits per heavy atom. The number of anilines is 2. The lowest BCUT2D eigenvalue weighted by atomic mass is 10.2. The van der Waals surface area contributed by atoms with E-state index in [-0.39, 0.29) is 24.2 Å². The summed E-state index contributed by atoms with van der Waals surface area (Å²) < 4.78 is 4.04. The molecule has 2 N–H and O–H groups in total. The van der Waals surface area contributed by atoms with Gasteiger partial charge in [0.15, 0.2) is 11.2 Å². The van der Waals surface area contributed by atoms with Crippen LogP contribution in [-0.2, 0) is 30.2 Å². The van der Waals surface area contributed by atoms with Gasteiger partial charge in [-0.15, -0.1) is 0 Å². The fourth-order valence-corrected chi connectivity index (χ4v) is 3.46. The average molecular weight is 424 g/mol. The second-order valence-corrected chi connectivity index (χ2v) is 7.81. The van der Waals surface area contributed by atoms with Crippen molar-refractivity contribution in [2.75, 3.05) is 10.6 Å². The number of fused-ring (bicyclic) bond motifs is 1. The lowest BCUT2D eigenvalue weighted by molar-refractivity contribution is -0.117. The maximum atomic E-state index is 12.5. The number of imidazole rings is 1. The summed E-state index contributed by atoms with van der Waals surface area (Å²) in [6.07, 6.45) is 4.09.